The van der Waals surface area contributed by atoms with Crippen molar-refractivity contribution in [2.75, 3.05) is 7.11 Å². The Hall–Kier alpha value is -1.02. The molecule has 0 aliphatic carbocycles. The van der Waals surface area contributed by atoms with Crippen molar-refractivity contribution in [2.45, 2.75) is 12.3 Å². The summed E-state index contributed by atoms with van der Waals surface area (Å²) in [5, 5.41) is -0.550. The lowest BCUT2D eigenvalue weighted by molar-refractivity contribution is -0.116. The second-order valence-electron chi connectivity index (χ2n) is 2.75. The standard InChI is InChI=1S/C10H11ClO2/c1-7(12)10(11)8-3-5-9(13-2)6-4-8/h3-6,10H,1-2H3. The SMILES string of the molecule is COc1ccc(C(Cl)C(C)=O)cc1. The third-order valence-corrected chi connectivity index (χ3v) is 2.32. The normalized spacial score (nSPS) is 12.2. The highest BCUT2D eigenvalue weighted by Crippen LogP contribution is 2.23. The molecule has 0 saturated heterocycles. The molecular weight excluding hydrogens is 188 g/mol. The molecule has 0 aromatic heterocycles. The van der Waals surface area contributed by atoms with Gasteiger partial charge in [-0.2, -0.15) is 0 Å². The van der Waals surface area contributed by atoms with Crippen LogP contribution in [0.2, 0.25) is 0 Å². The van der Waals surface area contributed by atoms with Crippen molar-refractivity contribution in [3.63, 3.8) is 0 Å². The van der Waals surface area contributed by atoms with Gasteiger partial charge in [-0.05, 0) is 24.6 Å². The summed E-state index contributed by atoms with van der Waals surface area (Å²) in [7, 11) is 1.60. The van der Waals surface area contributed by atoms with E-state index in [1.165, 1.54) is 6.92 Å². The summed E-state index contributed by atoms with van der Waals surface area (Å²) < 4.78 is 4.98. The molecule has 0 N–H and O–H groups in total. The smallest absolute Gasteiger partial charge is 0.152 e. The van der Waals surface area contributed by atoms with Crippen LogP contribution >= 0.6 is 11.6 Å². The molecule has 1 aromatic rings. The number of rotatable bonds is 3. The third-order valence-electron chi connectivity index (χ3n) is 1.77. The number of hydrogen-bond donors (Lipinski definition) is 0. The summed E-state index contributed by atoms with van der Waals surface area (Å²) in [4.78, 5) is 10.9. The van der Waals surface area contributed by atoms with Gasteiger partial charge in [-0.3, -0.25) is 4.79 Å². The van der Waals surface area contributed by atoms with Gasteiger partial charge in [0.05, 0.1) is 7.11 Å². The number of methoxy groups -OCH3 is 1. The predicted octanol–water partition coefficient (Wildman–Crippen LogP) is 2.56. The molecule has 13 heavy (non-hydrogen) atoms. The Morgan fingerprint density at radius 3 is 2.31 bits per heavy atom. The monoisotopic (exact) mass is 198 g/mol. The summed E-state index contributed by atoms with van der Waals surface area (Å²) in [5.41, 5.74) is 0.801. The number of carbonyl (C=O) groups is 1. The lowest BCUT2D eigenvalue weighted by Gasteiger charge is -2.06. The maximum absolute atomic E-state index is 10.9. The Kier molecular flexibility index (Phi) is 3.32. The molecule has 3 heteroatoms. The van der Waals surface area contributed by atoms with Crippen molar-refractivity contribution in [1.82, 2.24) is 0 Å². The summed E-state index contributed by atoms with van der Waals surface area (Å²) >= 11 is 5.85. The van der Waals surface area contributed by atoms with Crippen LogP contribution in [0.5, 0.6) is 5.75 Å². The van der Waals surface area contributed by atoms with Gasteiger partial charge in [0.15, 0.2) is 5.78 Å². The van der Waals surface area contributed by atoms with Gasteiger partial charge in [0, 0.05) is 0 Å². The van der Waals surface area contributed by atoms with Gasteiger partial charge in [0.1, 0.15) is 11.1 Å². The molecule has 0 bridgehead atoms. The molecule has 1 rings (SSSR count). The van der Waals surface area contributed by atoms with Crippen molar-refractivity contribution in [2.24, 2.45) is 0 Å². The first-order valence-electron chi connectivity index (χ1n) is 3.93. The van der Waals surface area contributed by atoms with Gasteiger partial charge in [0.25, 0.3) is 0 Å². The molecule has 0 heterocycles. The summed E-state index contributed by atoms with van der Waals surface area (Å²) in [6, 6.07) is 7.15. The lowest BCUT2D eigenvalue weighted by Crippen LogP contribution is -2.00. The van der Waals surface area contributed by atoms with E-state index in [1.807, 2.05) is 0 Å². The minimum absolute atomic E-state index is 0.0492. The van der Waals surface area contributed by atoms with E-state index in [0.717, 1.165) is 11.3 Å². The van der Waals surface area contributed by atoms with Crippen LogP contribution in [0.3, 0.4) is 0 Å². The highest BCUT2D eigenvalue weighted by Gasteiger charge is 2.12. The van der Waals surface area contributed by atoms with Gasteiger partial charge < -0.3 is 4.74 Å². The summed E-state index contributed by atoms with van der Waals surface area (Å²) in [6.07, 6.45) is 0. The van der Waals surface area contributed by atoms with Crippen molar-refractivity contribution < 1.29 is 9.53 Å². The maximum Gasteiger partial charge on any atom is 0.152 e. The predicted molar refractivity (Wildman–Crippen MR) is 52.3 cm³/mol. The largest absolute Gasteiger partial charge is 0.497 e. The molecule has 0 aliphatic rings. The highest BCUT2D eigenvalue weighted by atomic mass is 35.5. The van der Waals surface area contributed by atoms with E-state index in [1.54, 1.807) is 31.4 Å². The number of Topliss-reactive ketones (excluding diaryl/α,β-unsaturated/α-hetero) is 1. The molecular formula is C10H11ClO2. The molecule has 0 radical (unpaired) electrons. The number of alkyl halides is 1. The Balaban J connectivity index is 2.85. The van der Waals surface area contributed by atoms with E-state index in [0.29, 0.717) is 0 Å². The molecule has 70 valence electrons. The highest BCUT2D eigenvalue weighted by molar-refractivity contribution is 6.30. The van der Waals surface area contributed by atoms with Crippen LogP contribution in [0.1, 0.15) is 17.9 Å². The Labute approximate surface area is 82.5 Å². The van der Waals surface area contributed by atoms with E-state index in [9.17, 15) is 4.79 Å². The quantitative estimate of drug-likeness (QED) is 0.698. The minimum Gasteiger partial charge on any atom is -0.497 e. The van der Waals surface area contributed by atoms with Crippen molar-refractivity contribution in [3.8, 4) is 5.75 Å². The lowest BCUT2D eigenvalue weighted by atomic mass is 10.1. The van der Waals surface area contributed by atoms with Crippen LogP contribution in [-0.2, 0) is 4.79 Å². The van der Waals surface area contributed by atoms with Gasteiger partial charge in [-0.1, -0.05) is 12.1 Å². The Morgan fingerprint density at radius 2 is 1.92 bits per heavy atom. The third kappa shape index (κ3) is 2.46. The average molecular weight is 199 g/mol. The van der Waals surface area contributed by atoms with E-state index >= 15 is 0 Å². The Morgan fingerprint density at radius 1 is 1.38 bits per heavy atom. The van der Waals surface area contributed by atoms with Crippen LogP contribution in [0.4, 0.5) is 0 Å². The van der Waals surface area contributed by atoms with E-state index < -0.39 is 5.38 Å². The first kappa shape index (κ1) is 10.1. The van der Waals surface area contributed by atoms with Crippen LogP contribution < -0.4 is 4.74 Å². The molecule has 2 nitrogen and oxygen atoms in total. The van der Waals surface area contributed by atoms with Gasteiger partial charge in [-0.25, -0.2) is 0 Å². The maximum atomic E-state index is 10.9. The average Bonchev–Trinajstić information content (AvgIpc) is 2.17. The molecule has 1 aromatic carbocycles. The van der Waals surface area contributed by atoms with Gasteiger partial charge in [-0.15, -0.1) is 11.6 Å². The second-order valence-corrected chi connectivity index (χ2v) is 3.18. The van der Waals surface area contributed by atoms with E-state index in [2.05, 4.69) is 0 Å². The second kappa shape index (κ2) is 4.28. The zero-order valence-electron chi connectivity index (χ0n) is 7.58. The fourth-order valence-corrected chi connectivity index (χ4v) is 1.15. The fourth-order valence-electron chi connectivity index (χ4n) is 1.01. The fraction of sp³-hybridized carbons (Fsp3) is 0.300. The van der Waals surface area contributed by atoms with Gasteiger partial charge in [0.2, 0.25) is 0 Å². The van der Waals surface area contributed by atoms with Crippen molar-refractivity contribution >= 4 is 17.4 Å². The zero-order valence-corrected chi connectivity index (χ0v) is 8.34. The number of carbonyl (C=O) groups excluding carboxylic acids is 1. The van der Waals surface area contributed by atoms with Crippen LogP contribution in [-0.4, -0.2) is 12.9 Å². The first-order valence-corrected chi connectivity index (χ1v) is 4.37. The number of halogens is 1. The van der Waals surface area contributed by atoms with Crippen molar-refractivity contribution in [1.29, 1.82) is 0 Å². The summed E-state index contributed by atoms with van der Waals surface area (Å²) in [5.74, 6) is 0.711. The zero-order chi connectivity index (χ0) is 9.84. The van der Waals surface area contributed by atoms with Crippen LogP contribution in [0, 0.1) is 0 Å². The summed E-state index contributed by atoms with van der Waals surface area (Å²) in [6.45, 7) is 1.47. The number of benzene rings is 1. The number of ketones is 1. The number of hydrogen-bond acceptors (Lipinski definition) is 2. The van der Waals surface area contributed by atoms with Crippen LogP contribution in [0.15, 0.2) is 24.3 Å². The minimum atomic E-state index is -0.550. The van der Waals surface area contributed by atoms with E-state index in [4.69, 9.17) is 16.3 Å². The number of ether oxygens (including phenoxy) is 1. The Bertz CT molecular complexity index is 292. The van der Waals surface area contributed by atoms with E-state index in [-0.39, 0.29) is 5.78 Å². The molecule has 1 unspecified atom stereocenters. The molecule has 0 amide bonds. The molecule has 0 spiro atoms. The van der Waals surface area contributed by atoms with Gasteiger partial charge >= 0.3 is 0 Å². The van der Waals surface area contributed by atoms with Crippen LogP contribution in [0.25, 0.3) is 0 Å². The van der Waals surface area contributed by atoms with Crippen molar-refractivity contribution in [3.05, 3.63) is 29.8 Å². The molecule has 0 aliphatic heterocycles. The first-order chi connectivity index (χ1) is 6.15. The molecule has 1 atom stereocenters. The molecule has 0 fully saturated rings. The molecule has 0 saturated carbocycles. The topological polar surface area (TPSA) is 26.3 Å².